The van der Waals surface area contributed by atoms with Crippen LogP contribution >= 0.6 is 0 Å². The highest BCUT2D eigenvalue weighted by Gasteiger charge is 2.27. The minimum Gasteiger partial charge on any atom is -0.295 e. The quantitative estimate of drug-likeness (QED) is 0.178. The van der Waals surface area contributed by atoms with Crippen LogP contribution in [0.4, 0.5) is 0 Å². The van der Waals surface area contributed by atoms with Gasteiger partial charge in [-0.1, -0.05) is 115 Å². The highest BCUT2D eigenvalue weighted by molar-refractivity contribution is 6.22. The van der Waals surface area contributed by atoms with E-state index in [0.717, 1.165) is 69.6 Å². The standard InChI is InChI=1S/C50H34N6/c1-3-17-33(18-4-1)53-41-27-11-7-21-35(41)47-37-23-9-13-29-43(37)55(49(47)53)45-31-15-25-39(51-45)40-26-16-32-46(52-40)56-44-30-14-10-24-38(44)48-36-22-8-12-28-42(36)54(50(48)56)34-19-5-2-6-20-34/h1-13,15-29,31-32H,14,30H2. The molecular weight excluding hydrogens is 685 g/mol. The van der Waals surface area contributed by atoms with Gasteiger partial charge in [-0.2, -0.15) is 0 Å². The summed E-state index contributed by atoms with van der Waals surface area (Å²) in [6.07, 6.45) is 6.55. The summed E-state index contributed by atoms with van der Waals surface area (Å²) in [5.41, 5.74) is 12.1. The van der Waals surface area contributed by atoms with Gasteiger partial charge in [-0.3, -0.25) is 18.3 Å². The minimum atomic E-state index is 0.818. The average molecular weight is 719 g/mol. The van der Waals surface area contributed by atoms with E-state index in [2.05, 4.69) is 200 Å². The molecule has 0 unspecified atom stereocenters. The molecule has 0 N–H and O–H groups in total. The second-order valence-electron chi connectivity index (χ2n) is 14.5. The lowest BCUT2D eigenvalue weighted by Gasteiger charge is -2.16. The van der Waals surface area contributed by atoms with Crippen LogP contribution in [0.3, 0.4) is 0 Å². The van der Waals surface area contributed by atoms with Crippen molar-refractivity contribution in [1.29, 1.82) is 0 Å². The molecule has 1 aliphatic carbocycles. The minimum absolute atomic E-state index is 0.818. The summed E-state index contributed by atoms with van der Waals surface area (Å²) in [7, 11) is 0. The summed E-state index contributed by atoms with van der Waals surface area (Å²) in [5, 5.41) is 6.15. The van der Waals surface area contributed by atoms with Crippen molar-refractivity contribution in [3.8, 4) is 34.4 Å². The van der Waals surface area contributed by atoms with Gasteiger partial charge in [0.15, 0.2) is 0 Å². The van der Waals surface area contributed by atoms with E-state index >= 15 is 0 Å². The Hall–Kier alpha value is -7.44. The van der Waals surface area contributed by atoms with Crippen molar-refractivity contribution < 1.29 is 0 Å². The summed E-state index contributed by atoms with van der Waals surface area (Å²) >= 11 is 0. The number of aromatic nitrogens is 6. The maximum Gasteiger partial charge on any atom is 0.139 e. The zero-order valence-electron chi connectivity index (χ0n) is 30.4. The van der Waals surface area contributed by atoms with Gasteiger partial charge in [0.25, 0.3) is 0 Å². The number of hydrogen-bond acceptors (Lipinski definition) is 2. The van der Waals surface area contributed by atoms with Crippen LogP contribution < -0.4 is 0 Å². The molecule has 0 bridgehead atoms. The van der Waals surface area contributed by atoms with Crippen LogP contribution in [0.25, 0.3) is 95.2 Å². The number of allylic oxidation sites excluding steroid dienone is 1. The molecule has 0 fully saturated rings. The summed E-state index contributed by atoms with van der Waals surface area (Å²) in [4.78, 5) is 10.9. The fourth-order valence-corrected chi connectivity index (χ4v) is 9.18. The highest BCUT2D eigenvalue weighted by Crippen LogP contribution is 2.43. The molecule has 11 aromatic rings. The van der Waals surface area contributed by atoms with Gasteiger partial charge < -0.3 is 0 Å². The Bertz CT molecular complexity index is 3360. The molecule has 5 aromatic carbocycles. The van der Waals surface area contributed by atoms with Gasteiger partial charge in [0.1, 0.15) is 22.9 Å². The lowest BCUT2D eigenvalue weighted by molar-refractivity contribution is 0.858. The number of benzene rings is 5. The van der Waals surface area contributed by atoms with Gasteiger partial charge in [0, 0.05) is 49.6 Å². The van der Waals surface area contributed by atoms with Gasteiger partial charge in [0.2, 0.25) is 0 Å². The van der Waals surface area contributed by atoms with Crippen molar-refractivity contribution in [3.63, 3.8) is 0 Å². The van der Waals surface area contributed by atoms with Crippen molar-refractivity contribution in [3.05, 3.63) is 187 Å². The van der Waals surface area contributed by atoms with E-state index in [1.54, 1.807) is 0 Å². The molecular formula is C50H34N6. The Morgan fingerprint density at radius 3 is 1.43 bits per heavy atom. The predicted molar refractivity (Wildman–Crippen MR) is 230 cm³/mol. The first kappa shape index (κ1) is 31.0. The van der Waals surface area contributed by atoms with Crippen LogP contribution in [-0.2, 0) is 6.42 Å². The molecule has 0 saturated heterocycles. The monoisotopic (exact) mass is 718 g/mol. The Kier molecular flexibility index (Phi) is 6.65. The Balaban J connectivity index is 1.09. The van der Waals surface area contributed by atoms with Crippen LogP contribution in [0.2, 0.25) is 0 Å². The smallest absolute Gasteiger partial charge is 0.139 e. The normalized spacial score (nSPS) is 12.8. The molecule has 0 saturated carbocycles. The van der Waals surface area contributed by atoms with E-state index < -0.39 is 0 Å². The van der Waals surface area contributed by atoms with E-state index in [-0.39, 0.29) is 0 Å². The summed E-state index contributed by atoms with van der Waals surface area (Å²) in [6.45, 7) is 0. The second kappa shape index (κ2) is 12.0. The molecule has 0 atom stereocenters. The van der Waals surface area contributed by atoms with Gasteiger partial charge in [0.05, 0.1) is 27.9 Å². The van der Waals surface area contributed by atoms with Gasteiger partial charge in [-0.25, -0.2) is 9.97 Å². The number of pyridine rings is 2. The molecule has 0 aliphatic heterocycles. The SMILES string of the molecule is C1=Cc2c(n(-c3cccc(-c4cccc(-n5c6ccccc6c6c7ccccc7n(-c7ccccc7)c65)n4)n3)c3c2c2ccccc2n3-c2ccccc2)CC1. The summed E-state index contributed by atoms with van der Waals surface area (Å²) < 4.78 is 9.49. The molecule has 6 aromatic heterocycles. The molecule has 0 spiro atoms. The maximum atomic E-state index is 5.44. The number of rotatable bonds is 5. The Labute approximate surface area is 322 Å². The largest absolute Gasteiger partial charge is 0.295 e. The highest BCUT2D eigenvalue weighted by atomic mass is 15.2. The number of hydrogen-bond donors (Lipinski definition) is 0. The van der Waals surface area contributed by atoms with Crippen LogP contribution in [0, 0.1) is 0 Å². The van der Waals surface area contributed by atoms with Crippen molar-refractivity contribution >= 4 is 60.9 Å². The molecule has 1 aliphatic rings. The molecule has 6 nitrogen and oxygen atoms in total. The van der Waals surface area contributed by atoms with E-state index in [0.29, 0.717) is 0 Å². The van der Waals surface area contributed by atoms with E-state index in [9.17, 15) is 0 Å². The first-order valence-corrected chi connectivity index (χ1v) is 19.3. The zero-order chi connectivity index (χ0) is 36.7. The summed E-state index contributed by atoms with van der Waals surface area (Å²) in [5.74, 6) is 1.73. The van der Waals surface area contributed by atoms with Crippen molar-refractivity contribution in [2.24, 2.45) is 0 Å². The molecule has 6 heteroatoms. The molecule has 6 heterocycles. The Morgan fingerprint density at radius 2 is 0.857 bits per heavy atom. The van der Waals surface area contributed by atoms with Crippen LogP contribution in [0.1, 0.15) is 17.7 Å². The fourth-order valence-electron chi connectivity index (χ4n) is 9.18. The molecule has 56 heavy (non-hydrogen) atoms. The lowest BCUT2D eigenvalue weighted by Crippen LogP contribution is -2.09. The van der Waals surface area contributed by atoms with Crippen molar-refractivity contribution in [2.75, 3.05) is 0 Å². The van der Waals surface area contributed by atoms with Crippen molar-refractivity contribution in [2.45, 2.75) is 12.8 Å². The summed E-state index contributed by atoms with van der Waals surface area (Å²) in [6, 6.07) is 60.1. The third-order valence-corrected chi connectivity index (χ3v) is 11.4. The molecule has 0 amide bonds. The van der Waals surface area contributed by atoms with Crippen LogP contribution in [-0.4, -0.2) is 28.2 Å². The molecule has 264 valence electrons. The first-order chi connectivity index (χ1) is 27.8. The fraction of sp³-hybridized carbons (Fsp3) is 0.0400. The average Bonchev–Trinajstić information content (AvgIpc) is 3.99. The van der Waals surface area contributed by atoms with Gasteiger partial charge in [-0.15, -0.1) is 0 Å². The molecule has 0 radical (unpaired) electrons. The topological polar surface area (TPSA) is 45.5 Å². The van der Waals surface area contributed by atoms with Crippen LogP contribution in [0.15, 0.2) is 176 Å². The van der Waals surface area contributed by atoms with Gasteiger partial charge in [-0.05, 0) is 79.6 Å². The first-order valence-electron chi connectivity index (χ1n) is 19.3. The van der Waals surface area contributed by atoms with Gasteiger partial charge >= 0.3 is 0 Å². The van der Waals surface area contributed by atoms with Crippen LogP contribution in [0.5, 0.6) is 0 Å². The second-order valence-corrected chi connectivity index (χ2v) is 14.5. The van der Waals surface area contributed by atoms with E-state index in [4.69, 9.17) is 9.97 Å². The molecule has 12 rings (SSSR count). The lowest BCUT2D eigenvalue weighted by atomic mass is 10.0. The zero-order valence-corrected chi connectivity index (χ0v) is 30.4. The van der Waals surface area contributed by atoms with E-state index in [1.807, 2.05) is 0 Å². The third-order valence-electron chi connectivity index (χ3n) is 11.4. The Morgan fingerprint density at radius 1 is 0.393 bits per heavy atom. The number of para-hydroxylation sites is 5. The predicted octanol–water partition coefficient (Wildman–Crippen LogP) is 12.0. The number of fused-ring (bicyclic) bond motifs is 10. The maximum absolute atomic E-state index is 5.44. The number of nitrogens with zero attached hydrogens (tertiary/aromatic N) is 6. The third kappa shape index (κ3) is 4.38. The van der Waals surface area contributed by atoms with E-state index in [1.165, 1.54) is 43.7 Å². The van der Waals surface area contributed by atoms with Crippen molar-refractivity contribution in [1.82, 2.24) is 28.2 Å².